The van der Waals surface area contributed by atoms with Gasteiger partial charge in [-0.25, -0.2) is 0 Å². The van der Waals surface area contributed by atoms with Crippen molar-refractivity contribution in [2.75, 3.05) is 13.2 Å². The number of hydrogen-bond acceptors (Lipinski definition) is 6. The molecule has 0 spiro atoms. The smallest absolute Gasteiger partial charge is 0.306 e. The largest absolute Gasteiger partial charge is 0.462 e. The SMILES string of the molecule is CC/C=C\C/C=C\C/C=C\C/C=C\C/C=C\C/C=C\CCCCCCCCCCCCCCC(=O)OCC(COC(=O)CCCCCCCCCCC)OC(=O)CCCCCCCCCCCCC/C=C\CCCCCCCCCC. The molecular formula is C75H132O6. The van der Waals surface area contributed by atoms with Crippen molar-refractivity contribution in [3.8, 4) is 0 Å². The maximum absolute atomic E-state index is 12.9. The Labute approximate surface area is 503 Å². The molecule has 0 saturated heterocycles. The summed E-state index contributed by atoms with van der Waals surface area (Å²) in [7, 11) is 0. The second-order valence-electron chi connectivity index (χ2n) is 23.4. The summed E-state index contributed by atoms with van der Waals surface area (Å²) in [6.45, 7) is 6.55. The van der Waals surface area contributed by atoms with Gasteiger partial charge in [0.2, 0.25) is 0 Å². The molecule has 0 N–H and O–H groups in total. The van der Waals surface area contributed by atoms with Crippen molar-refractivity contribution in [2.45, 2.75) is 361 Å². The van der Waals surface area contributed by atoms with E-state index in [4.69, 9.17) is 14.2 Å². The minimum absolute atomic E-state index is 0.0726. The van der Waals surface area contributed by atoms with Gasteiger partial charge in [-0.15, -0.1) is 0 Å². The monoisotopic (exact) mass is 1130 g/mol. The topological polar surface area (TPSA) is 78.9 Å². The second kappa shape index (κ2) is 69.1. The Morgan fingerprint density at radius 2 is 0.481 bits per heavy atom. The van der Waals surface area contributed by atoms with E-state index in [2.05, 4.69) is 106 Å². The molecule has 1 unspecified atom stereocenters. The lowest BCUT2D eigenvalue weighted by Crippen LogP contribution is -2.30. The molecule has 0 aromatic carbocycles. The Hall–Kier alpha value is -3.41. The molecule has 0 aromatic rings. The summed E-state index contributed by atoms with van der Waals surface area (Å²) in [5.74, 6) is -0.861. The highest BCUT2D eigenvalue weighted by molar-refractivity contribution is 5.71. The first kappa shape index (κ1) is 77.6. The average Bonchev–Trinajstić information content (AvgIpc) is 3.47. The minimum atomic E-state index is -0.775. The van der Waals surface area contributed by atoms with Crippen LogP contribution in [0.25, 0.3) is 0 Å². The fourth-order valence-electron chi connectivity index (χ4n) is 10.2. The quantitative estimate of drug-likeness (QED) is 0.0261. The van der Waals surface area contributed by atoms with Crippen LogP contribution < -0.4 is 0 Å². The number of unbranched alkanes of at least 4 members (excludes halogenated alkanes) is 39. The normalized spacial score (nSPS) is 12.6. The van der Waals surface area contributed by atoms with Gasteiger partial charge in [-0.3, -0.25) is 14.4 Å². The highest BCUT2D eigenvalue weighted by Gasteiger charge is 2.19. The number of carbonyl (C=O) groups is 3. The van der Waals surface area contributed by atoms with Crippen LogP contribution in [0.1, 0.15) is 355 Å². The Morgan fingerprint density at radius 3 is 0.765 bits per heavy atom. The molecule has 0 fully saturated rings. The molecule has 0 radical (unpaired) electrons. The van der Waals surface area contributed by atoms with Gasteiger partial charge < -0.3 is 14.2 Å². The molecule has 0 aliphatic carbocycles. The third-order valence-corrected chi connectivity index (χ3v) is 15.4. The lowest BCUT2D eigenvalue weighted by molar-refractivity contribution is -0.167. The Balaban J connectivity index is 4.14. The highest BCUT2D eigenvalue weighted by Crippen LogP contribution is 2.17. The van der Waals surface area contributed by atoms with Gasteiger partial charge in [0, 0.05) is 19.3 Å². The Kier molecular flexibility index (Phi) is 66.2. The molecule has 0 aliphatic heterocycles. The second-order valence-corrected chi connectivity index (χ2v) is 23.4. The molecule has 6 nitrogen and oxygen atoms in total. The van der Waals surface area contributed by atoms with Crippen LogP contribution >= 0.6 is 0 Å². The van der Waals surface area contributed by atoms with Gasteiger partial charge in [-0.1, -0.05) is 324 Å². The number of ether oxygens (including phenoxy) is 3. The van der Waals surface area contributed by atoms with Gasteiger partial charge in [0.05, 0.1) is 0 Å². The summed E-state index contributed by atoms with van der Waals surface area (Å²) in [4.78, 5) is 38.3. The number of esters is 3. The van der Waals surface area contributed by atoms with Crippen molar-refractivity contribution in [2.24, 2.45) is 0 Å². The van der Waals surface area contributed by atoms with E-state index >= 15 is 0 Å². The number of rotatable bonds is 64. The van der Waals surface area contributed by atoms with E-state index in [1.165, 1.54) is 218 Å². The van der Waals surface area contributed by atoms with Crippen LogP contribution in [-0.4, -0.2) is 37.2 Å². The predicted octanol–water partition coefficient (Wildman–Crippen LogP) is 24.2. The van der Waals surface area contributed by atoms with E-state index in [-0.39, 0.29) is 31.1 Å². The first-order valence-corrected chi connectivity index (χ1v) is 35.1. The van der Waals surface area contributed by atoms with Crippen molar-refractivity contribution in [3.05, 3.63) is 85.1 Å². The molecule has 468 valence electrons. The lowest BCUT2D eigenvalue weighted by atomic mass is 10.0. The molecule has 81 heavy (non-hydrogen) atoms. The molecule has 6 heteroatoms. The van der Waals surface area contributed by atoms with Gasteiger partial charge >= 0.3 is 17.9 Å². The summed E-state index contributed by atoms with van der Waals surface area (Å²) in [5, 5.41) is 0. The third-order valence-electron chi connectivity index (χ3n) is 15.4. The maximum Gasteiger partial charge on any atom is 0.306 e. The lowest BCUT2D eigenvalue weighted by Gasteiger charge is -2.18. The summed E-state index contributed by atoms with van der Waals surface area (Å²) in [5.41, 5.74) is 0. The van der Waals surface area contributed by atoms with Gasteiger partial charge in [-0.05, 0) is 96.3 Å². The van der Waals surface area contributed by atoms with E-state index in [9.17, 15) is 14.4 Å². The number of hydrogen-bond donors (Lipinski definition) is 0. The molecular weight excluding hydrogens is 997 g/mol. The summed E-state index contributed by atoms with van der Waals surface area (Å²) in [6.07, 6.45) is 91.9. The van der Waals surface area contributed by atoms with Crippen molar-refractivity contribution in [1.29, 1.82) is 0 Å². The van der Waals surface area contributed by atoms with Crippen LogP contribution in [0.2, 0.25) is 0 Å². The molecule has 0 bridgehead atoms. The van der Waals surface area contributed by atoms with E-state index in [0.717, 1.165) is 96.3 Å². The van der Waals surface area contributed by atoms with E-state index in [0.29, 0.717) is 19.3 Å². The van der Waals surface area contributed by atoms with Crippen molar-refractivity contribution in [3.63, 3.8) is 0 Å². The van der Waals surface area contributed by atoms with Gasteiger partial charge in [0.1, 0.15) is 13.2 Å². The molecule has 0 heterocycles. The van der Waals surface area contributed by atoms with Crippen LogP contribution in [0.5, 0.6) is 0 Å². The zero-order valence-electron chi connectivity index (χ0n) is 53.8. The first-order chi connectivity index (χ1) is 40.0. The molecule has 0 aliphatic rings. The van der Waals surface area contributed by atoms with Gasteiger partial charge in [0.25, 0.3) is 0 Å². The van der Waals surface area contributed by atoms with E-state index in [1.807, 2.05) is 0 Å². The number of allylic oxidation sites excluding steroid dienone is 14. The van der Waals surface area contributed by atoms with Crippen LogP contribution in [-0.2, 0) is 28.6 Å². The predicted molar refractivity (Wildman–Crippen MR) is 353 cm³/mol. The summed E-state index contributed by atoms with van der Waals surface area (Å²) in [6, 6.07) is 0. The van der Waals surface area contributed by atoms with E-state index < -0.39 is 6.10 Å². The molecule has 1 atom stereocenters. The Morgan fingerprint density at radius 1 is 0.259 bits per heavy atom. The third kappa shape index (κ3) is 67.3. The molecule has 0 saturated carbocycles. The fourth-order valence-corrected chi connectivity index (χ4v) is 10.2. The molecule has 0 rings (SSSR count). The average molecular weight is 1130 g/mol. The first-order valence-electron chi connectivity index (χ1n) is 35.1. The molecule has 0 aromatic heterocycles. The molecule has 0 amide bonds. The van der Waals surface area contributed by atoms with Crippen LogP contribution in [0.15, 0.2) is 85.1 Å². The van der Waals surface area contributed by atoms with Crippen LogP contribution in [0, 0.1) is 0 Å². The zero-order chi connectivity index (χ0) is 58.5. The highest BCUT2D eigenvalue weighted by atomic mass is 16.6. The maximum atomic E-state index is 12.9. The zero-order valence-corrected chi connectivity index (χ0v) is 53.8. The van der Waals surface area contributed by atoms with Crippen molar-refractivity contribution >= 4 is 17.9 Å². The Bertz CT molecular complexity index is 1530. The van der Waals surface area contributed by atoms with Crippen LogP contribution in [0.4, 0.5) is 0 Å². The van der Waals surface area contributed by atoms with Gasteiger partial charge in [0.15, 0.2) is 6.10 Å². The minimum Gasteiger partial charge on any atom is -0.462 e. The summed E-state index contributed by atoms with van der Waals surface area (Å²) < 4.78 is 16.9. The van der Waals surface area contributed by atoms with E-state index in [1.54, 1.807) is 0 Å². The van der Waals surface area contributed by atoms with Crippen molar-refractivity contribution in [1.82, 2.24) is 0 Å². The standard InChI is InChI=1S/C75H132O6/c1-4-7-10-13-16-19-21-23-25-27-29-31-33-34-35-36-37-38-39-40-42-43-45-47-49-51-53-56-59-62-65-68-74(77)80-71-72(70-79-73(76)67-64-61-58-55-18-15-12-9-6-3)81-75(78)69-66-63-60-57-54-52-50-48-46-44-41-32-30-28-26-24-22-20-17-14-11-8-5-2/h7,10,16,19,23,25,28-31,34-35,37-38,72H,4-6,8-9,11-15,17-18,20-22,24,26-27,32-33,36,39-71H2,1-3H3/b10-7-,19-16-,25-23-,30-28-,31-29-,35-34-,38-37-. The number of carbonyl (C=O) groups excluding carboxylic acids is 3. The summed E-state index contributed by atoms with van der Waals surface area (Å²) >= 11 is 0. The van der Waals surface area contributed by atoms with Crippen molar-refractivity contribution < 1.29 is 28.6 Å². The fraction of sp³-hybridized carbons (Fsp3) is 0.773. The van der Waals surface area contributed by atoms with Crippen LogP contribution in [0.3, 0.4) is 0 Å². The van der Waals surface area contributed by atoms with Gasteiger partial charge in [-0.2, -0.15) is 0 Å².